The van der Waals surface area contributed by atoms with Crippen molar-refractivity contribution >= 4 is 11.2 Å². The van der Waals surface area contributed by atoms with E-state index < -0.39 is 0 Å². The molecule has 0 amide bonds. The van der Waals surface area contributed by atoms with Crippen molar-refractivity contribution in [1.82, 2.24) is 19.7 Å². The molecule has 0 bridgehead atoms. The molecule has 2 heterocycles. The van der Waals surface area contributed by atoms with Crippen molar-refractivity contribution in [3.8, 4) is 22.9 Å². The van der Waals surface area contributed by atoms with Gasteiger partial charge in [-0.3, -0.25) is 0 Å². The Bertz CT molecular complexity index is 815. The molecule has 0 aliphatic heterocycles. The van der Waals surface area contributed by atoms with Gasteiger partial charge in [-0.2, -0.15) is 5.10 Å². The van der Waals surface area contributed by atoms with E-state index in [9.17, 15) is 5.11 Å². The van der Waals surface area contributed by atoms with E-state index in [1.807, 2.05) is 10.9 Å². The van der Waals surface area contributed by atoms with Gasteiger partial charge in [-0.05, 0) is 31.0 Å². The minimum Gasteiger partial charge on any atom is -0.508 e. The maximum Gasteiger partial charge on any atom is 0.177 e. The van der Waals surface area contributed by atoms with Gasteiger partial charge >= 0.3 is 0 Å². The molecule has 0 unspecified atom stereocenters. The lowest BCUT2D eigenvalue weighted by atomic mass is 10.2. The van der Waals surface area contributed by atoms with Gasteiger partial charge in [-0.25, -0.2) is 9.67 Å². The molecule has 0 spiro atoms. The Labute approximate surface area is 127 Å². The quantitative estimate of drug-likeness (QED) is 0.778. The number of methoxy groups -OCH3 is 1. The first-order chi connectivity index (χ1) is 10.8. The second-order valence-electron chi connectivity index (χ2n) is 5.73. The Hall–Kier alpha value is -2.50. The summed E-state index contributed by atoms with van der Waals surface area (Å²) in [6, 6.07) is 5.44. The number of phenols is 1. The van der Waals surface area contributed by atoms with Crippen LogP contribution in [0.3, 0.4) is 0 Å². The SMILES string of the molecule is COc1ccc(O)cc1-c1nc2c(cnn2C2CCCC2)[nH]1. The number of H-pyrrole nitrogens is 1. The zero-order chi connectivity index (χ0) is 15.1. The predicted molar refractivity (Wildman–Crippen MR) is 83.0 cm³/mol. The molecular formula is C16H18N4O2. The van der Waals surface area contributed by atoms with Gasteiger partial charge in [0.15, 0.2) is 5.65 Å². The van der Waals surface area contributed by atoms with Crippen molar-refractivity contribution < 1.29 is 9.84 Å². The first kappa shape index (κ1) is 13.2. The van der Waals surface area contributed by atoms with Gasteiger partial charge in [-0.1, -0.05) is 12.8 Å². The zero-order valence-corrected chi connectivity index (χ0v) is 12.4. The van der Waals surface area contributed by atoms with Crippen LogP contribution in [0.2, 0.25) is 0 Å². The number of phenolic OH excluding ortho intramolecular Hbond substituents is 1. The number of nitrogens with zero attached hydrogens (tertiary/aromatic N) is 3. The summed E-state index contributed by atoms with van der Waals surface area (Å²) in [6.07, 6.45) is 6.65. The van der Waals surface area contributed by atoms with Gasteiger partial charge in [0.1, 0.15) is 22.8 Å². The number of ether oxygens (including phenoxy) is 1. The summed E-state index contributed by atoms with van der Waals surface area (Å²) in [4.78, 5) is 7.96. The summed E-state index contributed by atoms with van der Waals surface area (Å²) < 4.78 is 7.39. The number of rotatable bonds is 3. The second-order valence-corrected chi connectivity index (χ2v) is 5.73. The van der Waals surface area contributed by atoms with E-state index in [1.54, 1.807) is 25.3 Å². The maximum absolute atomic E-state index is 9.73. The van der Waals surface area contributed by atoms with Crippen LogP contribution in [0, 0.1) is 0 Å². The standard InChI is InChI=1S/C16H18N4O2/c1-22-14-7-6-11(21)8-12(14)15-18-13-9-17-20(16(13)19-15)10-4-2-3-5-10/h6-10,21H,2-5H2,1H3,(H,18,19). The molecule has 6 nitrogen and oxygen atoms in total. The fraction of sp³-hybridized carbons (Fsp3) is 0.375. The molecule has 0 radical (unpaired) electrons. The number of benzene rings is 1. The van der Waals surface area contributed by atoms with E-state index >= 15 is 0 Å². The van der Waals surface area contributed by atoms with Crippen molar-refractivity contribution in [3.05, 3.63) is 24.4 Å². The summed E-state index contributed by atoms with van der Waals surface area (Å²) in [5.74, 6) is 1.55. The Balaban J connectivity index is 1.82. The lowest BCUT2D eigenvalue weighted by molar-refractivity contribution is 0.413. The van der Waals surface area contributed by atoms with Crippen LogP contribution in [0.4, 0.5) is 0 Å². The highest BCUT2D eigenvalue weighted by Crippen LogP contribution is 2.34. The van der Waals surface area contributed by atoms with Crippen LogP contribution in [0.5, 0.6) is 11.5 Å². The van der Waals surface area contributed by atoms with Crippen LogP contribution in [0.25, 0.3) is 22.6 Å². The normalized spacial score (nSPS) is 15.7. The van der Waals surface area contributed by atoms with Crippen LogP contribution in [0.15, 0.2) is 24.4 Å². The van der Waals surface area contributed by atoms with Gasteiger partial charge in [0, 0.05) is 0 Å². The van der Waals surface area contributed by atoms with Crippen molar-refractivity contribution in [2.45, 2.75) is 31.7 Å². The smallest absolute Gasteiger partial charge is 0.177 e. The molecule has 114 valence electrons. The number of hydrogen-bond acceptors (Lipinski definition) is 4. The maximum atomic E-state index is 9.73. The third kappa shape index (κ3) is 2.03. The Morgan fingerprint density at radius 2 is 2.14 bits per heavy atom. The fourth-order valence-corrected chi connectivity index (χ4v) is 3.24. The average molecular weight is 298 g/mol. The summed E-state index contributed by atoms with van der Waals surface area (Å²) in [7, 11) is 1.61. The van der Waals surface area contributed by atoms with Gasteiger partial charge in [-0.15, -0.1) is 0 Å². The summed E-state index contributed by atoms with van der Waals surface area (Å²) in [5, 5.41) is 14.2. The molecule has 1 fully saturated rings. The van der Waals surface area contributed by atoms with E-state index in [2.05, 4.69) is 10.1 Å². The third-order valence-corrected chi connectivity index (χ3v) is 4.35. The van der Waals surface area contributed by atoms with Crippen molar-refractivity contribution in [3.63, 3.8) is 0 Å². The Morgan fingerprint density at radius 3 is 2.91 bits per heavy atom. The number of fused-ring (bicyclic) bond motifs is 1. The molecule has 1 aliphatic rings. The minimum absolute atomic E-state index is 0.189. The van der Waals surface area contributed by atoms with Crippen LogP contribution in [-0.4, -0.2) is 32.0 Å². The number of aromatic amines is 1. The molecule has 6 heteroatoms. The van der Waals surface area contributed by atoms with E-state index in [1.165, 1.54) is 12.8 Å². The van der Waals surface area contributed by atoms with Crippen LogP contribution >= 0.6 is 0 Å². The first-order valence-corrected chi connectivity index (χ1v) is 7.57. The van der Waals surface area contributed by atoms with Crippen LogP contribution < -0.4 is 4.74 Å². The van der Waals surface area contributed by atoms with Crippen LogP contribution in [-0.2, 0) is 0 Å². The molecule has 2 N–H and O–H groups in total. The highest BCUT2D eigenvalue weighted by molar-refractivity contribution is 5.78. The lowest BCUT2D eigenvalue weighted by Crippen LogP contribution is -2.06. The van der Waals surface area contributed by atoms with E-state index in [-0.39, 0.29) is 5.75 Å². The molecule has 22 heavy (non-hydrogen) atoms. The fourth-order valence-electron chi connectivity index (χ4n) is 3.24. The predicted octanol–water partition coefficient (Wildman–Crippen LogP) is 3.26. The topological polar surface area (TPSA) is 76.0 Å². The summed E-state index contributed by atoms with van der Waals surface area (Å²) >= 11 is 0. The summed E-state index contributed by atoms with van der Waals surface area (Å²) in [5.41, 5.74) is 2.52. The molecule has 1 saturated carbocycles. The zero-order valence-electron chi connectivity index (χ0n) is 12.4. The number of hydrogen-bond donors (Lipinski definition) is 2. The molecule has 3 aromatic rings. The van der Waals surface area contributed by atoms with E-state index in [0.717, 1.165) is 29.6 Å². The van der Waals surface area contributed by atoms with E-state index in [0.29, 0.717) is 17.6 Å². The molecular weight excluding hydrogens is 280 g/mol. The summed E-state index contributed by atoms with van der Waals surface area (Å²) in [6.45, 7) is 0. The minimum atomic E-state index is 0.189. The highest BCUT2D eigenvalue weighted by Gasteiger charge is 2.22. The largest absolute Gasteiger partial charge is 0.508 e. The van der Waals surface area contributed by atoms with Crippen molar-refractivity contribution in [2.24, 2.45) is 0 Å². The molecule has 0 atom stereocenters. The van der Waals surface area contributed by atoms with Gasteiger partial charge < -0.3 is 14.8 Å². The molecule has 2 aromatic heterocycles. The monoisotopic (exact) mass is 298 g/mol. The van der Waals surface area contributed by atoms with Crippen molar-refractivity contribution in [2.75, 3.05) is 7.11 Å². The second kappa shape index (κ2) is 5.05. The van der Waals surface area contributed by atoms with Gasteiger partial charge in [0.05, 0.1) is 24.9 Å². The van der Waals surface area contributed by atoms with Crippen molar-refractivity contribution in [1.29, 1.82) is 0 Å². The number of imidazole rings is 1. The lowest BCUT2D eigenvalue weighted by Gasteiger charge is -2.09. The number of aromatic hydroxyl groups is 1. The highest BCUT2D eigenvalue weighted by atomic mass is 16.5. The first-order valence-electron chi connectivity index (χ1n) is 7.57. The Kier molecular flexibility index (Phi) is 3.03. The van der Waals surface area contributed by atoms with Gasteiger partial charge in [0.2, 0.25) is 0 Å². The number of nitrogens with one attached hydrogen (secondary N) is 1. The third-order valence-electron chi connectivity index (χ3n) is 4.35. The van der Waals surface area contributed by atoms with Gasteiger partial charge in [0.25, 0.3) is 0 Å². The van der Waals surface area contributed by atoms with Crippen LogP contribution in [0.1, 0.15) is 31.7 Å². The average Bonchev–Trinajstić information content (AvgIpc) is 3.23. The Morgan fingerprint density at radius 1 is 1.32 bits per heavy atom. The molecule has 0 saturated heterocycles. The number of aromatic nitrogens is 4. The molecule has 1 aliphatic carbocycles. The molecule has 4 rings (SSSR count). The molecule has 1 aromatic carbocycles. The van der Waals surface area contributed by atoms with E-state index in [4.69, 9.17) is 9.72 Å².